The first-order valence-corrected chi connectivity index (χ1v) is 12.2. The van der Waals surface area contributed by atoms with Gasteiger partial charge in [-0.25, -0.2) is 5.43 Å². The summed E-state index contributed by atoms with van der Waals surface area (Å²) in [5.74, 6) is 0.597. The maximum Gasteiger partial charge on any atom is 0.222 e. The highest BCUT2D eigenvalue weighted by molar-refractivity contribution is 6.31. The highest BCUT2D eigenvalue weighted by Crippen LogP contribution is 2.43. The number of benzene rings is 2. The number of carbonyl (C=O) groups excluding carboxylic acids is 2. The van der Waals surface area contributed by atoms with E-state index in [1.54, 1.807) is 7.11 Å². The molecule has 3 atom stereocenters. The van der Waals surface area contributed by atoms with Gasteiger partial charge in [0.05, 0.1) is 31.0 Å². The second kappa shape index (κ2) is 9.39. The first-order valence-electron chi connectivity index (χ1n) is 11.8. The number of hydrogen-bond donors (Lipinski definition) is 3. The van der Waals surface area contributed by atoms with Crippen molar-refractivity contribution in [2.24, 2.45) is 4.99 Å². The van der Waals surface area contributed by atoms with Crippen LogP contribution in [-0.4, -0.2) is 56.1 Å². The predicted molar refractivity (Wildman–Crippen MR) is 136 cm³/mol. The lowest BCUT2D eigenvalue weighted by Gasteiger charge is -2.33. The van der Waals surface area contributed by atoms with Crippen molar-refractivity contribution in [1.29, 1.82) is 0 Å². The Balaban J connectivity index is 1.51. The maximum atomic E-state index is 12.9. The standard InChI is InChI=1S/C25H29ClN6O3/c1-14(33)27-9-4-10-28-23(34)13-20-25-30-32-15(2)31(25)21-8-6-17(35-3)12-19(21)24(29-20)18-7-5-16(26)11-22(18)32/h5-8,11-12,15,20,25,30H,4,9-10,13H2,1-3H3,(H,27,33)(H,28,34)/t15?,20-,25?/m0/s1. The van der Waals surface area contributed by atoms with E-state index < -0.39 is 0 Å². The fourth-order valence-electron chi connectivity index (χ4n) is 5.04. The maximum absolute atomic E-state index is 12.9. The molecule has 10 heteroatoms. The van der Waals surface area contributed by atoms with E-state index in [1.165, 1.54) is 6.92 Å². The Kier molecular flexibility index (Phi) is 6.29. The van der Waals surface area contributed by atoms with Gasteiger partial charge in [0.25, 0.3) is 0 Å². The SMILES string of the molecule is COc1ccc2c(c1)C1=N[C@@H](CC(=O)NCCCNC(C)=O)C3NN(c4cc(Cl)ccc41)C(C)N23. The first-order chi connectivity index (χ1) is 16.9. The fourth-order valence-corrected chi connectivity index (χ4v) is 5.21. The number of amides is 2. The van der Waals surface area contributed by atoms with Crippen LogP contribution in [0, 0.1) is 0 Å². The molecule has 2 amide bonds. The summed E-state index contributed by atoms with van der Waals surface area (Å²) in [5.41, 5.74) is 8.32. The molecule has 2 unspecified atom stereocenters. The topological polar surface area (TPSA) is 98.3 Å². The molecule has 6 rings (SSSR count). The van der Waals surface area contributed by atoms with E-state index >= 15 is 0 Å². The van der Waals surface area contributed by atoms with E-state index in [0.29, 0.717) is 24.5 Å². The number of rotatable bonds is 7. The monoisotopic (exact) mass is 496 g/mol. The van der Waals surface area contributed by atoms with Gasteiger partial charge in [-0.3, -0.25) is 19.6 Å². The molecule has 4 aliphatic rings. The molecule has 0 aromatic heterocycles. The van der Waals surface area contributed by atoms with Crippen molar-refractivity contribution < 1.29 is 14.3 Å². The van der Waals surface area contributed by atoms with Gasteiger partial charge in [-0.2, -0.15) is 0 Å². The van der Waals surface area contributed by atoms with Gasteiger partial charge in [0.2, 0.25) is 11.8 Å². The largest absolute Gasteiger partial charge is 0.497 e. The van der Waals surface area contributed by atoms with Crippen molar-refractivity contribution in [3.05, 3.63) is 52.5 Å². The smallest absolute Gasteiger partial charge is 0.222 e. The molecule has 1 fully saturated rings. The van der Waals surface area contributed by atoms with E-state index in [1.807, 2.05) is 30.3 Å². The number of nitrogens with one attached hydrogen (secondary N) is 3. The van der Waals surface area contributed by atoms with Crippen LogP contribution in [0.4, 0.5) is 11.4 Å². The lowest BCUT2D eigenvalue weighted by molar-refractivity contribution is -0.121. The van der Waals surface area contributed by atoms with Gasteiger partial charge in [-0.05, 0) is 49.7 Å². The second-order valence-electron chi connectivity index (χ2n) is 8.96. The van der Waals surface area contributed by atoms with Crippen LogP contribution in [0.5, 0.6) is 5.75 Å². The van der Waals surface area contributed by atoms with Crippen molar-refractivity contribution >= 4 is 40.5 Å². The zero-order valence-corrected chi connectivity index (χ0v) is 20.7. The minimum atomic E-state index is -0.324. The number of hydrazine groups is 1. The van der Waals surface area contributed by atoms with Crippen LogP contribution >= 0.6 is 11.6 Å². The van der Waals surface area contributed by atoms with E-state index in [0.717, 1.165) is 34.0 Å². The summed E-state index contributed by atoms with van der Waals surface area (Å²) >= 11 is 6.39. The Morgan fingerprint density at radius 1 is 1.11 bits per heavy atom. The highest BCUT2D eigenvalue weighted by atomic mass is 35.5. The predicted octanol–water partition coefficient (Wildman–Crippen LogP) is 2.42. The number of methoxy groups -OCH3 is 1. The van der Waals surface area contributed by atoms with Gasteiger partial charge in [0.15, 0.2) is 0 Å². The average Bonchev–Trinajstić information content (AvgIpc) is 3.13. The molecule has 4 aliphatic heterocycles. The third-order valence-corrected chi connectivity index (χ3v) is 6.90. The lowest BCUT2D eigenvalue weighted by atomic mass is 9.96. The summed E-state index contributed by atoms with van der Waals surface area (Å²) in [4.78, 5) is 31.4. The molecular weight excluding hydrogens is 468 g/mol. The molecule has 0 aliphatic carbocycles. The normalized spacial score (nSPS) is 21.5. The average molecular weight is 497 g/mol. The highest BCUT2D eigenvalue weighted by Gasteiger charge is 2.47. The number of hydrogen-bond acceptors (Lipinski definition) is 7. The van der Waals surface area contributed by atoms with Crippen LogP contribution in [0.1, 0.15) is 37.8 Å². The summed E-state index contributed by atoms with van der Waals surface area (Å²) in [5, 5.41) is 8.47. The Bertz CT molecular complexity index is 1200. The van der Waals surface area contributed by atoms with Gasteiger partial charge in [-0.1, -0.05) is 11.6 Å². The minimum absolute atomic E-state index is 0.0394. The summed E-state index contributed by atoms with van der Waals surface area (Å²) < 4.78 is 5.53. The van der Waals surface area contributed by atoms with Crippen LogP contribution in [0.15, 0.2) is 41.4 Å². The number of fused-ring (bicyclic) bond motifs is 1. The van der Waals surface area contributed by atoms with E-state index in [4.69, 9.17) is 21.3 Å². The number of ether oxygens (including phenoxy) is 1. The van der Waals surface area contributed by atoms with Crippen molar-refractivity contribution in [1.82, 2.24) is 16.1 Å². The molecule has 2 aromatic rings. The van der Waals surface area contributed by atoms with E-state index in [9.17, 15) is 9.59 Å². The van der Waals surface area contributed by atoms with Crippen LogP contribution in [0.3, 0.4) is 0 Å². The molecule has 4 bridgehead atoms. The van der Waals surface area contributed by atoms with Gasteiger partial charge in [0, 0.05) is 41.9 Å². The van der Waals surface area contributed by atoms with Crippen molar-refractivity contribution in [2.75, 3.05) is 30.1 Å². The third-order valence-electron chi connectivity index (χ3n) is 6.66. The number of carbonyl (C=O) groups is 2. The van der Waals surface area contributed by atoms with Crippen LogP contribution in [0.25, 0.3) is 0 Å². The first kappa shape index (κ1) is 23.4. The number of nitrogens with zero attached hydrogens (tertiary/aromatic N) is 3. The van der Waals surface area contributed by atoms with Gasteiger partial charge < -0.3 is 20.3 Å². The molecule has 9 nitrogen and oxygen atoms in total. The van der Waals surface area contributed by atoms with Crippen LogP contribution in [0.2, 0.25) is 5.02 Å². The quantitative estimate of drug-likeness (QED) is 0.509. The van der Waals surface area contributed by atoms with E-state index in [-0.39, 0.29) is 36.6 Å². The Morgan fingerprint density at radius 3 is 2.69 bits per heavy atom. The lowest BCUT2D eigenvalue weighted by Crippen LogP contribution is -2.48. The zero-order chi connectivity index (χ0) is 24.7. The molecule has 0 radical (unpaired) electrons. The van der Waals surface area contributed by atoms with Crippen molar-refractivity contribution in [3.8, 4) is 5.75 Å². The molecule has 35 heavy (non-hydrogen) atoms. The summed E-state index contributed by atoms with van der Waals surface area (Å²) in [6.07, 6.45) is 0.642. The van der Waals surface area contributed by atoms with Crippen LogP contribution < -0.4 is 30.7 Å². The molecule has 0 spiro atoms. The zero-order valence-electron chi connectivity index (χ0n) is 20.0. The Morgan fingerprint density at radius 2 is 1.91 bits per heavy atom. The molecule has 184 valence electrons. The van der Waals surface area contributed by atoms with Crippen LogP contribution in [-0.2, 0) is 9.59 Å². The van der Waals surface area contributed by atoms with Crippen molar-refractivity contribution in [3.63, 3.8) is 0 Å². The van der Waals surface area contributed by atoms with Gasteiger partial charge in [0.1, 0.15) is 18.1 Å². The van der Waals surface area contributed by atoms with Crippen molar-refractivity contribution in [2.45, 2.75) is 45.1 Å². The number of aliphatic imine (C=N–C) groups is 1. The number of anilines is 2. The van der Waals surface area contributed by atoms with Gasteiger partial charge >= 0.3 is 0 Å². The minimum Gasteiger partial charge on any atom is -0.497 e. The molecule has 4 heterocycles. The van der Waals surface area contributed by atoms with E-state index in [2.05, 4.69) is 39.0 Å². The molecule has 3 N–H and O–H groups in total. The fraction of sp³-hybridized carbons (Fsp3) is 0.400. The summed E-state index contributed by atoms with van der Waals surface area (Å²) in [7, 11) is 1.65. The summed E-state index contributed by atoms with van der Waals surface area (Å²) in [6, 6.07) is 11.5. The molecule has 0 saturated carbocycles. The second-order valence-corrected chi connectivity index (χ2v) is 9.40. The number of halogens is 1. The summed E-state index contributed by atoms with van der Waals surface area (Å²) in [6.45, 7) is 4.63. The third kappa shape index (κ3) is 4.30. The molecule has 2 aromatic carbocycles. The molecule has 1 saturated heterocycles. The molecular formula is C25H29ClN6O3. The Labute approximate surface area is 209 Å². The Hall–Kier alpha value is -3.30. The van der Waals surface area contributed by atoms with Gasteiger partial charge in [-0.15, -0.1) is 0 Å².